The molecule has 1 aliphatic heterocycles. The summed E-state index contributed by atoms with van der Waals surface area (Å²) in [5.74, 6) is 1.30. The molecule has 1 amide bonds. The quantitative estimate of drug-likeness (QED) is 0.718. The van der Waals surface area contributed by atoms with Crippen LogP contribution >= 0.6 is 0 Å². The van der Waals surface area contributed by atoms with Crippen molar-refractivity contribution in [1.29, 1.82) is 0 Å². The van der Waals surface area contributed by atoms with Gasteiger partial charge in [0.25, 0.3) is 0 Å². The third kappa shape index (κ3) is 3.35. The first-order chi connectivity index (χ1) is 12.2. The number of hydrogen-bond acceptors (Lipinski definition) is 3. The average Bonchev–Trinajstić information content (AvgIpc) is 3.22. The molecule has 1 aromatic heterocycles. The van der Waals surface area contributed by atoms with Gasteiger partial charge in [0.2, 0.25) is 12.7 Å². The Kier molecular flexibility index (Phi) is 3.90. The van der Waals surface area contributed by atoms with Crippen LogP contribution in [0.25, 0.3) is 17.0 Å². The predicted molar refractivity (Wildman–Crippen MR) is 96.5 cm³/mol. The summed E-state index contributed by atoms with van der Waals surface area (Å²) in [6.07, 6.45) is 3.28. The van der Waals surface area contributed by atoms with Crippen molar-refractivity contribution in [2.45, 2.75) is 13.5 Å². The molecule has 0 saturated carbocycles. The number of benzene rings is 2. The van der Waals surface area contributed by atoms with E-state index in [0.717, 1.165) is 33.5 Å². The first kappa shape index (κ1) is 15.3. The molecule has 2 heterocycles. The van der Waals surface area contributed by atoms with Crippen LogP contribution in [0.4, 0.5) is 0 Å². The van der Waals surface area contributed by atoms with Crippen molar-refractivity contribution >= 4 is 22.9 Å². The molecule has 0 fully saturated rings. The van der Waals surface area contributed by atoms with Gasteiger partial charge in [-0.05, 0) is 59.8 Å². The van der Waals surface area contributed by atoms with Gasteiger partial charge in [0.15, 0.2) is 11.5 Å². The van der Waals surface area contributed by atoms with E-state index in [1.165, 1.54) is 6.08 Å². The number of aromatic nitrogens is 1. The lowest BCUT2D eigenvalue weighted by atomic mass is 10.1. The minimum absolute atomic E-state index is 0.136. The molecular weight excluding hydrogens is 316 g/mol. The first-order valence-corrected chi connectivity index (χ1v) is 8.11. The second-order valence-electron chi connectivity index (χ2n) is 6.04. The Morgan fingerprint density at radius 1 is 1.16 bits per heavy atom. The Bertz CT molecular complexity index is 972. The summed E-state index contributed by atoms with van der Waals surface area (Å²) in [4.78, 5) is 15.3. The highest BCUT2D eigenvalue weighted by Crippen LogP contribution is 2.32. The second-order valence-corrected chi connectivity index (χ2v) is 6.04. The van der Waals surface area contributed by atoms with Crippen LogP contribution in [-0.4, -0.2) is 17.7 Å². The van der Waals surface area contributed by atoms with E-state index in [1.807, 2.05) is 37.3 Å². The molecule has 3 aromatic rings. The van der Waals surface area contributed by atoms with Crippen molar-refractivity contribution < 1.29 is 14.3 Å². The van der Waals surface area contributed by atoms with Crippen LogP contribution in [-0.2, 0) is 11.3 Å². The normalized spacial score (nSPS) is 12.8. The monoisotopic (exact) mass is 334 g/mol. The number of carbonyl (C=O) groups is 1. The number of carbonyl (C=O) groups excluding carboxylic acids is 1. The van der Waals surface area contributed by atoms with Crippen LogP contribution in [0.5, 0.6) is 11.5 Å². The average molecular weight is 334 g/mol. The Morgan fingerprint density at radius 2 is 2.04 bits per heavy atom. The number of ether oxygens (including phenoxy) is 2. The van der Waals surface area contributed by atoms with Crippen molar-refractivity contribution in [1.82, 2.24) is 10.3 Å². The molecule has 4 rings (SSSR count). The maximum Gasteiger partial charge on any atom is 0.244 e. The van der Waals surface area contributed by atoms with E-state index in [2.05, 4.69) is 22.4 Å². The minimum Gasteiger partial charge on any atom is -0.454 e. The van der Waals surface area contributed by atoms with Gasteiger partial charge in [-0.25, -0.2) is 0 Å². The number of hydrogen-bond donors (Lipinski definition) is 2. The third-order valence-corrected chi connectivity index (χ3v) is 4.11. The van der Waals surface area contributed by atoms with Gasteiger partial charge in [0, 0.05) is 23.8 Å². The maximum absolute atomic E-state index is 12.0. The lowest BCUT2D eigenvalue weighted by Crippen LogP contribution is -2.20. The van der Waals surface area contributed by atoms with Gasteiger partial charge >= 0.3 is 0 Å². The van der Waals surface area contributed by atoms with Crippen molar-refractivity contribution in [3.8, 4) is 11.5 Å². The van der Waals surface area contributed by atoms with E-state index in [1.54, 1.807) is 6.08 Å². The third-order valence-electron chi connectivity index (χ3n) is 4.11. The van der Waals surface area contributed by atoms with Gasteiger partial charge in [0.1, 0.15) is 0 Å². The fourth-order valence-corrected chi connectivity index (χ4v) is 2.87. The van der Waals surface area contributed by atoms with Gasteiger partial charge in [0.05, 0.1) is 0 Å². The number of nitrogens with one attached hydrogen (secondary N) is 2. The maximum atomic E-state index is 12.0. The summed E-state index contributed by atoms with van der Waals surface area (Å²) in [7, 11) is 0. The van der Waals surface area contributed by atoms with Crippen LogP contribution in [0, 0.1) is 6.92 Å². The summed E-state index contributed by atoms with van der Waals surface area (Å²) < 4.78 is 10.6. The highest BCUT2D eigenvalue weighted by molar-refractivity contribution is 5.91. The topological polar surface area (TPSA) is 63.4 Å². The number of aromatic amines is 1. The van der Waals surface area contributed by atoms with E-state index in [0.29, 0.717) is 12.3 Å². The molecule has 0 aliphatic carbocycles. The molecule has 2 aromatic carbocycles. The predicted octanol–water partition coefficient (Wildman–Crippen LogP) is 3.53. The smallest absolute Gasteiger partial charge is 0.244 e. The molecule has 126 valence electrons. The van der Waals surface area contributed by atoms with Crippen LogP contribution in [0.2, 0.25) is 0 Å². The molecule has 5 nitrogen and oxygen atoms in total. The van der Waals surface area contributed by atoms with Crippen molar-refractivity contribution in [3.63, 3.8) is 0 Å². The standard InChI is InChI=1S/C20H18N2O3/c1-13-8-16-9-15(2-5-17(16)22-13)11-21-20(23)7-4-14-3-6-18-19(10-14)25-12-24-18/h2-10,22H,11-12H2,1H3,(H,21,23)/b7-4+. The molecule has 5 heteroatoms. The SMILES string of the molecule is Cc1cc2cc(CNC(=O)/C=C/c3ccc4c(c3)OCO4)ccc2[nH]1. The molecule has 0 spiro atoms. The van der Waals surface area contributed by atoms with E-state index >= 15 is 0 Å². The Balaban J connectivity index is 1.38. The lowest BCUT2D eigenvalue weighted by molar-refractivity contribution is -0.116. The molecule has 0 saturated heterocycles. The summed E-state index contributed by atoms with van der Waals surface area (Å²) >= 11 is 0. The van der Waals surface area contributed by atoms with E-state index < -0.39 is 0 Å². The number of rotatable bonds is 4. The first-order valence-electron chi connectivity index (χ1n) is 8.11. The Hall–Kier alpha value is -3.21. The van der Waals surface area contributed by atoms with Crippen LogP contribution < -0.4 is 14.8 Å². The number of fused-ring (bicyclic) bond motifs is 2. The van der Waals surface area contributed by atoms with Gasteiger partial charge in [-0.3, -0.25) is 4.79 Å². The van der Waals surface area contributed by atoms with Gasteiger partial charge in [-0.1, -0.05) is 12.1 Å². The van der Waals surface area contributed by atoms with Crippen LogP contribution in [0.3, 0.4) is 0 Å². The molecule has 1 aliphatic rings. The van der Waals surface area contributed by atoms with E-state index in [-0.39, 0.29) is 12.7 Å². The number of aryl methyl sites for hydroxylation is 1. The zero-order chi connectivity index (χ0) is 17.2. The highest BCUT2D eigenvalue weighted by atomic mass is 16.7. The summed E-state index contributed by atoms with van der Waals surface area (Å²) in [5.41, 5.74) is 4.19. The summed E-state index contributed by atoms with van der Waals surface area (Å²) in [6.45, 7) is 2.76. The fraction of sp³-hybridized carbons (Fsp3) is 0.150. The minimum atomic E-state index is -0.136. The van der Waals surface area contributed by atoms with E-state index in [9.17, 15) is 4.79 Å². The molecular formula is C20H18N2O3. The van der Waals surface area contributed by atoms with Crippen molar-refractivity contribution in [2.75, 3.05) is 6.79 Å². The molecule has 0 radical (unpaired) electrons. The summed E-state index contributed by atoms with van der Waals surface area (Å²) in [5, 5.41) is 4.05. The fourth-order valence-electron chi connectivity index (χ4n) is 2.87. The Morgan fingerprint density at radius 3 is 2.96 bits per heavy atom. The number of H-pyrrole nitrogens is 1. The van der Waals surface area contributed by atoms with E-state index in [4.69, 9.17) is 9.47 Å². The van der Waals surface area contributed by atoms with Gasteiger partial charge < -0.3 is 19.8 Å². The molecule has 0 bridgehead atoms. The molecule has 0 unspecified atom stereocenters. The summed E-state index contributed by atoms with van der Waals surface area (Å²) in [6, 6.07) is 13.8. The highest BCUT2D eigenvalue weighted by Gasteiger charge is 2.12. The Labute approximate surface area is 145 Å². The molecule has 0 atom stereocenters. The zero-order valence-corrected chi connectivity index (χ0v) is 13.8. The van der Waals surface area contributed by atoms with Gasteiger partial charge in [-0.15, -0.1) is 0 Å². The zero-order valence-electron chi connectivity index (χ0n) is 13.8. The second kappa shape index (κ2) is 6.36. The largest absolute Gasteiger partial charge is 0.454 e. The lowest BCUT2D eigenvalue weighted by Gasteiger charge is -2.03. The van der Waals surface area contributed by atoms with Crippen molar-refractivity contribution in [2.24, 2.45) is 0 Å². The molecule has 2 N–H and O–H groups in total. The van der Waals surface area contributed by atoms with Crippen molar-refractivity contribution in [3.05, 3.63) is 65.4 Å². The van der Waals surface area contributed by atoms with Crippen LogP contribution in [0.1, 0.15) is 16.8 Å². The molecule has 25 heavy (non-hydrogen) atoms. The number of amides is 1. The van der Waals surface area contributed by atoms with Gasteiger partial charge in [-0.2, -0.15) is 0 Å². The van der Waals surface area contributed by atoms with Crippen LogP contribution in [0.15, 0.2) is 48.5 Å².